The number of likely N-dealkylation sites (N-methyl/N-ethyl adjacent to an activating group) is 1. The fourth-order valence-electron chi connectivity index (χ4n) is 2.84. The molecule has 2 aliphatic rings. The van der Waals surface area contributed by atoms with Crippen LogP contribution in [0.4, 0.5) is 0 Å². The van der Waals surface area contributed by atoms with E-state index in [2.05, 4.69) is 5.32 Å². The number of nitrogens with one attached hydrogen (secondary N) is 1. The Morgan fingerprint density at radius 2 is 1.91 bits per heavy atom. The fraction of sp³-hybridized carbons (Fsp3) is 0.923. The molecule has 23 heavy (non-hydrogen) atoms. The van der Waals surface area contributed by atoms with Crippen molar-refractivity contribution in [1.82, 2.24) is 5.32 Å². The topological polar surface area (TPSA) is 158 Å². The van der Waals surface area contributed by atoms with Crippen molar-refractivity contribution >= 4 is 6.29 Å². The van der Waals surface area contributed by atoms with Gasteiger partial charge in [0.2, 0.25) is 0 Å². The Hall–Kier alpha value is -0.690. The third-order valence-corrected chi connectivity index (χ3v) is 4.39. The van der Waals surface area contributed by atoms with E-state index in [0.29, 0.717) is 0 Å². The van der Waals surface area contributed by atoms with Crippen LogP contribution in [-0.2, 0) is 19.0 Å². The minimum absolute atomic E-state index is 0.213. The maximum Gasteiger partial charge on any atom is 0.185 e. The number of carbonyl (C=O) groups is 1. The summed E-state index contributed by atoms with van der Waals surface area (Å²) in [7, 11) is 1.48. The Bertz CT molecular complexity index is 424. The van der Waals surface area contributed by atoms with Crippen LogP contribution in [0.15, 0.2) is 0 Å². The largest absolute Gasteiger partial charge is 0.394 e. The van der Waals surface area contributed by atoms with Gasteiger partial charge in [0.15, 0.2) is 24.5 Å². The highest BCUT2D eigenvalue weighted by molar-refractivity contribution is 5.65. The highest BCUT2D eigenvalue weighted by Gasteiger charge is 2.57. The van der Waals surface area contributed by atoms with E-state index in [1.54, 1.807) is 0 Å². The van der Waals surface area contributed by atoms with Crippen molar-refractivity contribution in [1.29, 1.82) is 0 Å². The maximum atomic E-state index is 11.2. The minimum atomic E-state index is -2.10. The molecule has 2 rings (SSSR count). The molecule has 0 amide bonds. The van der Waals surface area contributed by atoms with Crippen molar-refractivity contribution in [3.63, 3.8) is 0 Å². The van der Waals surface area contributed by atoms with E-state index in [9.17, 15) is 30.3 Å². The summed E-state index contributed by atoms with van der Waals surface area (Å²) < 4.78 is 15.8. The second-order valence-electron chi connectivity index (χ2n) is 5.75. The molecular formula is C13H23NO9. The minimum Gasteiger partial charge on any atom is -0.394 e. The molecule has 0 aliphatic carbocycles. The average Bonchev–Trinajstić information content (AvgIpc) is 2.74. The van der Waals surface area contributed by atoms with E-state index in [-0.39, 0.29) is 6.29 Å². The quantitative estimate of drug-likeness (QED) is 0.274. The number of aliphatic hydroxyl groups is 5. The predicted octanol–water partition coefficient (Wildman–Crippen LogP) is -3.93. The summed E-state index contributed by atoms with van der Waals surface area (Å²) in [6.07, 6.45) is -8.92. The van der Waals surface area contributed by atoms with Gasteiger partial charge in [-0.15, -0.1) is 0 Å². The second kappa shape index (κ2) is 7.05. The molecule has 134 valence electrons. The van der Waals surface area contributed by atoms with Gasteiger partial charge in [0, 0.05) is 0 Å². The molecule has 2 heterocycles. The van der Waals surface area contributed by atoms with Crippen LogP contribution in [0.25, 0.3) is 0 Å². The monoisotopic (exact) mass is 337 g/mol. The summed E-state index contributed by atoms with van der Waals surface area (Å²) in [5.41, 5.74) is -2.10. The van der Waals surface area contributed by atoms with E-state index < -0.39 is 61.3 Å². The first-order chi connectivity index (χ1) is 10.8. The normalized spacial score (nSPS) is 50.9. The molecule has 6 N–H and O–H groups in total. The number of hydrogen-bond acceptors (Lipinski definition) is 10. The molecular weight excluding hydrogens is 314 g/mol. The highest BCUT2D eigenvalue weighted by atomic mass is 16.7. The Morgan fingerprint density at radius 1 is 1.26 bits per heavy atom. The van der Waals surface area contributed by atoms with Gasteiger partial charge in [-0.3, -0.25) is 4.79 Å². The molecule has 0 aromatic heterocycles. The van der Waals surface area contributed by atoms with Crippen LogP contribution in [0.1, 0.15) is 6.92 Å². The lowest BCUT2D eigenvalue weighted by molar-refractivity contribution is -0.302. The van der Waals surface area contributed by atoms with E-state index in [1.165, 1.54) is 14.0 Å². The van der Waals surface area contributed by atoms with E-state index in [1.807, 2.05) is 0 Å². The lowest BCUT2D eigenvalue weighted by Gasteiger charge is -2.43. The number of hydrogen-bond donors (Lipinski definition) is 6. The number of carbonyl (C=O) groups excluding carboxylic acids is 1. The molecule has 0 saturated carbocycles. The van der Waals surface area contributed by atoms with Crippen LogP contribution >= 0.6 is 0 Å². The summed E-state index contributed by atoms with van der Waals surface area (Å²) in [4.78, 5) is 11.2. The first-order valence-electron chi connectivity index (χ1n) is 7.27. The first kappa shape index (κ1) is 18.6. The third kappa shape index (κ3) is 3.14. The molecule has 2 aliphatic heterocycles. The number of aliphatic hydroxyl groups excluding tert-OH is 4. The summed E-state index contributed by atoms with van der Waals surface area (Å²) in [6.45, 7) is 0.819. The number of aldehydes is 1. The van der Waals surface area contributed by atoms with Crippen LogP contribution in [0.5, 0.6) is 0 Å². The predicted molar refractivity (Wildman–Crippen MR) is 73.0 cm³/mol. The van der Waals surface area contributed by atoms with Gasteiger partial charge in [0.25, 0.3) is 0 Å². The molecule has 0 unspecified atom stereocenters. The van der Waals surface area contributed by atoms with Gasteiger partial charge in [0.05, 0.1) is 18.8 Å². The van der Waals surface area contributed by atoms with Crippen LogP contribution in [0.2, 0.25) is 0 Å². The van der Waals surface area contributed by atoms with E-state index in [4.69, 9.17) is 14.2 Å². The van der Waals surface area contributed by atoms with Crippen molar-refractivity contribution in [2.45, 2.75) is 61.7 Å². The number of ether oxygens (including phenoxy) is 3. The van der Waals surface area contributed by atoms with Crippen molar-refractivity contribution in [3.8, 4) is 0 Å². The zero-order valence-electron chi connectivity index (χ0n) is 12.8. The van der Waals surface area contributed by atoms with Crippen molar-refractivity contribution < 1.29 is 44.5 Å². The van der Waals surface area contributed by atoms with Crippen LogP contribution in [-0.4, -0.2) is 100 Å². The Balaban J connectivity index is 2.20. The van der Waals surface area contributed by atoms with E-state index >= 15 is 0 Å². The van der Waals surface area contributed by atoms with Gasteiger partial charge in [-0.2, -0.15) is 0 Å². The molecule has 0 aromatic rings. The highest BCUT2D eigenvalue weighted by Crippen LogP contribution is 2.33. The molecule has 0 bridgehead atoms. The number of rotatable bonds is 5. The molecule has 2 fully saturated rings. The Morgan fingerprint density at radius 3 is 2.43 bits per heavy atom. The summed E-state index contributed by atoms with van der Waals surface area (Å²) in [5, 5.41) is 52.0. The lowest BCUT2D eigenvalue weighted by Crippen LogP contribution is -2.65. The van der Waals surface area contributed by atoms with Crippen LogP contribution in [0.3, 0.4) is 0 Å². The summed E-state index contributed by atoms with van der Waals surface area (Å²) in [5.74, 6) is 0. The molecule has 10 heteroatoms. The molecule has 0 radical (unpaired) electrons. The molecule has 10 nitrogen and oxygen atoms in total. The van der Waals surface area contributed by atoms with Crippen LogP contribution < -0.4 is 5.32 Å². The van der Waals surface area contributed by atoms with Gasteiger partial charge in [-0.05, 0) is 14.0 Å². The van der Waals surface area contributed by atoms with E-state index in [0.717, 1.165) is 0 Å². The summed E-state index contributed by atoms with van der Waals surface area (Å²) >= 11 is 0. The molecule has 9 atom stereocenters. The van der Waals surface area contributed by atoms with Crippen molar-refractivity contribution in [2.24, 2.45) is 0 Å². The average molecular weight is 337 g/mol. The standard InChI is InChI=1S/C13H23NO9/c1-5-13(20,4-16)10(11(19)21-5)23-12-7(14-2)9(18)8(17)6(3-15)22-12/h4-12,14-15,17-20H,3H2,1-2H3/t5-,6-,7-,8-,9-,10-,11+,12+,13-/m1/s1. The summed E-state index contributed by atoms with van der Waals surface area (Å²) in [6, 6.07) is -0.924. The molecule has 0 spiro atoms. The first-order valence-corrected chi connectivity index (χ1v) is 7.27. The SMILES string of the molecule is CN[C@H]1[C@H](O[C@@H]2[C@@H](O)O[C@H](C)[C@]2(O)C=O)O[C@H](CO)[C@@H](O)[C@@H]1O. The Kier molecular flexibility index (Phi) is 5.72. The van der Waals surface area contributed by atoms with Crippen molar-refractivity contribution in [2.75, 3.05) is 13.7 Å². The molecule has 0 aromatic carbocycles. The zero-order valence-corrected chi connectivity index (χ0v) is 12.8. The third-order valence-electron chi connectivity index (χ3n) is 4.39. The van der Waals surface area contributed by atoms with Gasteiger partial charge in [-0.25, -0.2) is 0 Å². The smallest absolute Gasteiger partial charge is 0.185 e. The maximum absolute atomic E-state index is 11.2. The lowest BCUT2D eigenvalue weighted by atomic mass is 9.94. The van der Waals surface area contributed by atoms with Gasteiger partial charge >= 0.3 is 0 Å². The zero-order chi connectivity index (χ0) is 17.4. The van der Waals surface area contributed by atoms with Crippen LogP contribution in [0, 0.1) is 0 Å². The van der Waals surface area contributed by atoms with Gasteiger partial charge in [0.1, 0.15) is 24.4 Å². The molecule has 2 saturated heterocycles. The second-order valence-corrected chi connectivity index (χ2v) is 5.75. The fourth-order valence-corrected chi connectivity index (χ4v) is 2.84. The van der Waals surface area contributed by atoms with Crippen molar-refractivity contribution in [3.05, 3.63) is 0 Å². The Labute approximate surface area is 132 Å². The van der Waals surface area contributed by atoms with Gasteiger partial charge < -0.3 is 45.1 Å². The van der Waals surface area contributed by atoms with Gasteiger partial charge in [-0.1, -0.05) is 0 Å².